The molecule has 0 aliphatic carbocycles. The summed E-state index contributed by atoms with van der Waals surface area (Å²) in [5.74, 6) is 1.02. The molecular weight excluding hydrogens is 248 g/mol. The van der Waals surface area contributed by atoms with Gasteiger partial charge in [0.1, 0.15) is 6.67 Å². The van der Waals surface area contributed by atoms with Crippen molar-refractivity contribution in [3.63, 3.8) is 0 Å². The van der Waals surface area contributed by atoms with Crippen molar-refractivity contribution in [3.05, 3.63) is 0 Å². The standard InChI is InChI=1S/C9H20N2S.BrH/c10-9-11(5-1-2-6-11)7-3-4-8-12;/h1-10H2;1H. The summed E-state index contributed by atoms with van der Waals surface area (Å²) in [5, 5.41) is 0. The van der Waals surface area contributed by atoms with Gasteiger partial charge in [-0.3, -0.25) is 5.73 Å². The molecule has 0 atom stereocenters. The third kappa shape index (κ3) is 4.19. The van der Waals surface area contributed by atoms with Crippen molar-refractivity contribution in [2.24, 2.45) is 5.73 Å². The van der Waals surface area contributed by atoms with E-state index in [-0.39, 0.29) is 17.0 Å². The fourth-order valence-corrected chi connectivity index (χ4v) is 2.29. The third-order valence-electron chi connectivity index (χ3n) is 2.94. The van der Waals surface area contributed by atoms with Crippen molar-refractivity contribution in [1.82, 2.24) is 0 Å². The van der Waals surface area contributed by atoms with Crippen LogP contribution in [0.4, 0.5) is 0 Å². The van der Waals surface area contributed by atoms with Gasteiger partial charge in [-0.25, -0.2) is 0 Å². The van der Waals surface area contributed by atoms with Crippen LogP contribution in [0.15, 0.2) is 0 Å². The molecule has 2 nitrogen and oxygen atoms in total. The minimum absolute atomic E-state index is 0. The molecule has 1 fully saturated rings. The van der Waals surface area contributed by atoms with Gasteiger partial charge in [0.05, 0.1) is 19.6 Å². The zero-order valence-electron chi connectivity index (χ0n) is 8.21. The molecule has 0 saturated carbocycles. The van der Waals surface area contributed by atoms with E-state index in [4.69, 9.17) is 5.73 Å². The molecule has 1 saturated heterocycles. The van der Waals surface area contributed by atoms with E-state index in [1.165, 1.54) is 49.8 Å². The first-order valence-electron chi connectivity index (χ1n) is 4.99. The largest absolute Gasteiger partial charge is 1.00 e. The summed E-state index contributed by atoms with van der Waals surface area (Å²) < 4.78 is 1.17. The zero-order valence-corrected chi connectivity index (χ0v) is 10.7. The number of quaternary nitrogens is 1. The Bertz CT molecular complexity index is 127. The van der Waals surface area contributed by atoms with Crippen molar-refractivity contribution >= 4 is 12.6 Å². The van der Waals surface area contributed by atoms with Gasteiger partial charge in [0.15, 0.2) is 0 Å². The highest BCUT2D eigenvalue weighted by molar-refractivity contribution is 7.80. The van der Waals surface area contributed by atoms with Crippen LogP contribution >= 0.6 is 12.6 Å². The molecule has 1 rings (SSSR count). The molecule has 0 aromatic heterocycles. The maximum Gasteiger partial charge on any atom is 0.130 e. The number of hydrogen-bond acceptors (Lipinski definition) is 2. The van der Waals surface area contributed by atoms with Crippen LogP contribution in [0.25, 0.3) is 0 Å². The lowest BCUT2D eigenvalue weighted by Crippen LogP contribution is -3.00. The van der Waals surface area contributed by atoms with Crippen molar-refractivity contribution in [3.8, 4) is 0 Å². The predicted octanol–water partition coefficient (Wildman–Crippen LogP) is -1.77. The Morgan fingerprint density at radius 2 is 1.77 bits per heavy atom. The first-order valence-corrected chi connectivity index (χ1v) is 5.62. The summed E-state index contributed by atoms with van der Waals surface area (Å²) in [7, 11) is 0. The van der Waals surface area contributed by atoms with E-state index < -0.39 is 0 Å². The second-order valence-corrected chi connectivity index (χ2v) is 4.28. The van der Waals surface area contributed by atoms with E-state index in [1.807, 2.05) is 0 Å². The smallest absolute Gasteiger partial charge is 0.130 e. The number of hydrogen-bond donors (Lipinski definition) is 2. The third-order valence-corrected chi connectivity index (χ3v) is 3.26. The van der Waals surface area contributed by atoms with Gasteiger partial charge in [0, 0.05) is 12.8 Å². The molecule has 0 radical (unpaired) electrons. The normalized spacial score (nSPS) is 19.8. The van der Waals surface area contributed by atoms with Crippen LogP contribution in [0.3, 0.4) is 0 Å². The molecule has 13 heavy (non-hydrogen) atoms. The minimum atomic E-state index is 0. The molecule has 80 valence electrons. The molecular formula is C9H21BrN2S. The number of thiol groups is 1. The molecule has 0 unspecified atom stereocenters. The van der Waals surface area contributed by atoms with Crippen LogP contribution in [0, 0.1) is 0 Å². The van der Waals surface area contributed by atoms with E-state index in [0.717, 1.165) is 12.4 Å². The molecule has 1 aliphatic heterocycles. The summed E-state index contributed by atoms with van der Waals surface area (Å²) in [6, 6.07) is 0. The van der Waals surface area contributed by atoms with E-state index in [9.17, 15) is 0 Å². The molecule has 0 spiro atoms. The van der Waals surface area contributed by atoms with Crippen molar-refractivity contribution < 1.29 is 21.5 Å². The molecule has 0 aromatic carbocycles. The Morgan fingerprint density at radius 3 is 2.23 bits per heavy atom. The lowest BCUT2D eigenvalue weighted by atomic mass is 10.3. The Hall–Kier alpha value is 0.750. The topological polar surface area (TPSA) is 26.0 Å². The maximum atomic E-state index is 5.80. The molecule has 1 heterocycles. The van der Waals surface area contributed by atoms with Gasteiger partial charge < -0.3 is 21.5 Å². The predicted molar refractivity (Wildman–Crippen MR) is 56.2 cm³/mol. The number of halogens is 1. The van der Waals surface area contributed by atoms with Gasteiger partial charge in [-0.1, -0.05) is 0 Å². The maximum absolute atomic E-state index is 5.80. The number of nitrogens with two attached hydrogens (primary N) is 1. The Labute approximate surface area is 97.6 Å². The van der Waals surface area contributed by atoms with Gasteiger partial charge in [-0.2, -0.15) is 12.6 Å². The summed E-state index contributed by atoms with van der Waals surface area (Å²) >= 11 is 4.22. The van der Waals surface area contributed by atoms with E-state index in [2.05, 4.69) is 12.6 Å². The van der Waals surface area contributed by atoms with Crippen LogP contribution in [0.2, 0.25) is 0 Å². The number of nitrogens with zero attached hydrogens (tertiary/aromatic N) is 1. The van der Waals surface area contributed by atoms with E-state index in [1.54, 1.807) is 0 Å². The quantitative estimate of drug-likeness (QED) is 0.345. The van der Waals surface area contributed by atoms with Gasteiger partial charge in [0.2, 0.25) is 0 Å². The molecule has 0 aromatic rings. The highest BCUT2D eigenvalue weighted by atomic mass is 79.9. The first kappa shape index (κ1) is 13.8. The van der Waals surface area contributed by atoms with Gasteiger partial charge in [0.25, 0.3) is 0 Å². The van der Waals surface area contributed by atoms with Crippen molar-refractivity contribution in [1.29, 1.82) is 0 Å². The number of rotatable bonds is 5. The summed E-state index contributed by atoms with van der Waals surface area (Å²) in [6.45, 7) is 4.73. The fourth-order valence-electron chi connectivity index (χ4n) is 2.06. The zero-order chi connectivity index (χ0) is 8.86. The van der Waals surface area contributed by atoms with Crippen LogP contribution in [0.5, 0.6) is 0 Å². The average molecular weight is 269 g/mol. The second-order valence-electron chi connectivity index (χ2n) is 3.83. The van der Waals surface area contributed by atoms with Crippen LogP contribution in [0.1, 0.15) is 25.7 Å². The SMILES string of the molecule is NC[N+]1(CCCCS)CCCC1.[Br-]. The van der Waals surface area contributed by atoms with Gasteiger partial charge >= 0.3 is 0 Å². The average Bonchev–Trinajstić information content (AvgIpc) is 2.55. The Kier molecular flexibility index (Phi) is 7.51. The lowest BCUT2D eigenvalue weighted by Gasteiger charge is -2.32. The van der Waals surface area contributed by atoms with Gasteiger partial charge in [-0.15, -0.1) is 0 Å². The Morgan fingerprint density at radius 1 is 1.15 bits per heavy atom. The second kappa shape index (κ2) is 7.10. The van der Waals surface area contributed by atoms with E-state index >= 15 is 0 Å². The lowest BCUT2D eigenvalue weighted by molar-refractivity contribution is -0.916. The summed E-state index contributed by atoms with van der Waals surface area (Å²) in [6.07, 6.45) is 5.28. The van der Waals surface area contributed by atoms with Crippen molar-refractivity contribution in [2.75, 3.05) is 32.1 Å². The Balaban J connectivity index is 0.00000144. The van der Waals surface area contributed by atoms with Crippen molar-refractivity contribution in [2.45, 2.75) is 25.7 Å². The number of unbranched alkanes of at least 4 members (excludes halogenated alkanes) is 1. The monoisotopic (exact) mass is 268 g/mol. The first-order chi connectivity index (χ1) is 5.83. The molecule has 1 aliphatic rings. The van der Waals surface area contributed by atoms with Gasteiger partial charge in [-0.05, 0) is 18.6 Å². The number of likely N-dealkylation sites (tertiary alicyclic amines) is 1. The molecule has 4 heteroatoms. The highest BCUT2D eigenvalue weighted by Gasteiger charge is 2.29. The molecule has 0 bridgehead atoms. The van der Waals surface area contributed by atoms with Crippen LogP contribution < -0.4 is 22.7 Å². The molecule has 2 N–H and O–H groups in total. The van der Waals surface area contributed by atoms with Crippen LogP contribution in [-0.4, -0.2) is 36.5 Å². The minimum Gasteiger partial charge on any atom is -1.00 e. The summed E-state index contributed by atoms with van der Waals surface area (Å²) in [4.78, 5) is 0. The van der Waals surface area contributed by atoms with Crippen LogP contribution in [-0.2, 0) is 0 Å². The molecule has 0 amide bonds. The summed E-state index contributed by atoms with van der Waals surface area (Å²) in [5.41, 5.74) is 5.80. The fraction of sp³-hybridized carbons (Fsp3) is 1.00. The highest BCUT2D eigenvalue weighted by Crippen LogP contribution is 2.18. The van der Waals surface area contributed by atoms with E-state index in [0.29, 0.717) is 0 Å².